The molecule has 2 amide bonds. The van der Waals surface area contributed by atoms with Crippen molar-refractivity contribution in [3.63, 3.8) is 0 Å². The van der Waals surface area contributed by atoms with Crippen LogP contribution in [0.1, 0.15) is 24.4 Å². The number of carbonyl (C=O) groups is 1. The number of aromatic amines is 1. The number of para-hydroxylation sites is 2. The molecule has 0 aliphatic carbocycles. The van der Waals surface area contributed by atoms with Crippen LogP contribution in [0, 0.1) is 0 Å². The fourth-order valence-corrected chi connectivity index (χ4v) is 2.38. The van der Waals surface area contributed by atoms with Crippen molar-refractivity contribution in [2.45, 2.75) is 19.1 Å². The first-order valence-corrected chi connectivity index (χ1v) is 7.52. The number of nitrogens with zero attached hydrogens (tertiary/aromatic N) is 1. The summed E-state index contributed by atoms with van der Waals surface area (Å²) < 4.78 is 38.1. The SMILES string of the molecule is C[C@H](NC(=O)Nc1cccc(C(F)(F)F)c1)c1nc2ccccc2[nH]1. The second kappa shape index (κ2) is 6.46. The Labute approximate surface area is 141 Å². The molecule has 0 aliphatic rings. The molecule has 0 saturated carbocycles. The number of rotatable bonds is 3. The monoisotopic (exact) mass is 348 g/mol. The number of benzene rings is 2. The van der Waals surface area contributed by atoms with Crippen molar-refractivity contribution in [2.75, 3.05) is 5.32 Å². The van der Waals surface area contributed by atoms with E-state index in [1.807, 2.05) is 24.3 Å². The van der Waals surface area contributed by atoms with Crippen LogP contribution in [-0.4, -0.2) is 16.0 Å². The molecule has 0 saturated heterocycles. The molecule has 5 nitrogen and oxygen atoms in total. The van der Waals surface area contributed by atoms with E-state index in [2.05, 4.69) is 20.6 Å². The van der Waals surface area contributed by atoms with Crippen LogP contribution in [0.25, 0.3) is 11.0 Å². The molecule has 0 aliphatic heterocycles. The predicted molar refractivity (Wildman–Crippen MR) is 88.1 cm³/mol. The molecule has 1 heterocycles. The highest BCUT2D eigenvalue weighted by Crippen LogP contribution is 2.30. The third kappa shape index (κ3) is 3.90. The molecule has 0 unspecified atom stereocenters. The molecule has 1 atom stereocenters. The van der Waals surface area contributed by atoms with Crippen LogP contribution >= 0.6 is 0 Å². The first kappa shape index (κ1) is 16.8. The summed E-state index contributed by atoms with van der Waals surface area (Å²) in [6.07, 6.45) is -4.46. The van der Waals surface area contributed by atoms with Crippen molar-refractivity contribution in [3.8, 4) is 0 Å². The zero-order valence-corrected chi connectivity index (χ0v) is 13.2. The molecular weight excluding hydrogens is 333 g/mol. The van der Waals surface area contributed by atoms with Crippen molar-refractivity contribution in [3.05, 3.63) is 59.9 Å². The molecule has 8 heteroatoms. The summed E-state index contributed by atoms with van der Waals surface area (Å²) in [6, 6.07) is 10.8. The molecule has 25 heavy (non-hydrogen) atoms. The van der Waals surface area contributed by atoms with Gasteiger partial charge in [-0.05, 0) is 37.3 Å². The molecule has 3 N–H and O–H groups in total. The summed E-state index contributed by atoms with van der Waals surface area (Å²) in [4.78, 5) is 19.5. The van der Waals surface area contributed by atoms with Gasteiger partial charge >= 0.3 is 12.2 Å². The van der Waals surface area contributed by atoms with Crippen molar-refractivity contribution < 1.29 is 18.0 Å². The molecule has 2 aromatic carbocycles. The number of H-pyrrole nitrogens is 1. The van der Waals surface area contributed by atoms with E-state index in [0.717, 1.165) is 23.2 Å². The van der Waals surface area contributed by atoms with Crippen LogP contribution in [0.4, 0.5) is 23.7 Å². The molecule has 0 radical (unpaired) electrons. The van der Waals surface area contributed by atoms with Gasteiger partial charge in [-0.2, -0.15) is 13.2 Å². The number of imidazole rings is 1. The Kier molecular flexibility index (Phi) is 4.35. The lowest BCUT2D eigenvalue weighted by Crippen LogP contribution is -2.31. The molecule has 130 valence electrons. The number of nitrogens with one attached hydrogen (secondary N) is 3. The zero-order valence-electron chi connectivity index (χ0n) is 13.2. The minimum atomic E-state index is -4.46. The summed E-state index contributed by atoms with van der Waals surface area (Å²) >= 11 is 0. The molecule has 1 aromatic heterocycles. The van der Waals surface area contributed by atoms with E-state index in [-0.39, 0.29) is 5.69 Å². The number of aromatic nitrogens is 2. The minimum Gasteiger partial charge on any atom is -0.340 e. The number of anilines is 1. The van der Waals surface area contributed by atoms with Gasteiger partial charge in [-0.1, -0.05) is 18.2 Å². The van der Waals surface area contributed by atoms with Crippen LogP contribution in [0.15, 0.2) is 48.5 Å². The van der Waals surface area contributed by atoms with Gasteiger partial charge in [0.2, 0.25) is 0 Å². The summed E-state index contributed by atoms with van der Waals surface area (Å²) in [6.45, 7) is 1.73. The van der Waals surface area contributed by atoms with E-state index < -0.39 is 23.8 Å². The maximum absolute atomic E-state index is 12.7. The topological polar surface area (TPSA) is 69.8 Å². The molecule has 3 rings (SSSR count). The zero-order chi connectivity index (χ0) is 18.0. The van der Waals surface area contributed by atoms with Gasteiger partial charge in [0.05, 0.1) is 22.6 Å². The lowest BCUT2D eigenvalue weighted by atomic mass is 10.2. The number of carbonyl (C=O) groups excluding carboxylic acids is 1. The highest BCUT2D eigenvalue weighted by atomic mass is 19.4. The fourth-order valence-electron chi connectivity index (χ4n) is 2.38. The number of urea groups is 1. The van der Waals surface area contributed by atoms with Gasteiger partial charge in [0, 0.05) is 5.69 Å². The average Bonchev–Trinajstić information content (AvgIpc) is 2.98. The predicted octanol–water partition coefficient (Wildman–Crippen LogP) is 4.46. The largest absolute Gasteiger partial charge is 0.416 e. The lowest BCUT2D eigenvalue weighted by molar-refractivity contribution is -0.137. The van der Waals surface area contributed by atoms with Crippen LogP contribution in [0.3, 0.4) is 0 Å². The van der Waals surface area contributed by atoms with Gasteiger partial charge in [0.15, 0.2) is 0 Å². The Balaban J connectivity index is 1.68. The van der Waals surface area contributed by atoms with Crippen LogP contribution in [-0.2, 0) is 6.18 Å². The van der Waals surface area contributed by atoms with E-state index in [9.17, 15) is 18.0 Å². The van der Waals surface area contributed by atoms with E-state index >= 15 is 0 Å². The summed E-state index contributed by atoms with van der Waals surface area (Å²) in [5.41, 5.74) is 0.841. The van der Waals surface area contributed by atoms with Crippen molar-refractivity contribution >= 4 is 22.8 Å². The van der Waals surface area contributed by atoms with Gasteiger partial charge in [-0.25, -0.2) is 9.78 Å². The summed E-state index contributed by atoms with van der Waals surface area (Å²) in [5.74, 6) is 0.556. The quantitative estimate of drug-likeness (QED) is 0.654. The number of hydrogen-bond donors (Lipinski definition) is 3. The summed E-state index contributed by atoms with van der Waals surface area (Å²) in [5, 5.41) is 5.04. The average molecular weight is 348 g/mol. The minimum absolute atomic E-state index is 0.0594. The van der Waals surface area contributed by atoms with E-state index in [1.165, 1.54) is 12.1 Å². The smallest absolute Gasteiger partial charge is 0.340 e. The van der Waals surface area contributed by atoms with Gasteiger partial charge in [-0.3, -0.25) is 0 Å². The maximum atomic E-state index is 12.7. The van der Waals surface area contributed by atoms with E-state index in [0.29, 0.717) is 5.82 Å². The van der Waals surface area contributed by atoms with Crippen molar-refractivity contribution in [1.29, 1.82) is 0 Å². The summed E-state index contributed by atoms with van der Waals surface area (Å²) in [7, 11) is 0. The number of halogens is 3. The van der Waals surface area contributed by atoms with Gasteiger partial charge in [0.25, 0.3) is 0 Å². The number of hydrogen-bond acceptors (Lipinski definition) is 2. The van der Waals surface area contributed by atoms with E-state index in [4.69, 9.17) is 0 Å². The van der Waals surface area contributed by atoms with Crippen LogP contribution in [0.2, 0.25) is 0 Å². The normalized spacial score (nSPS) is 12.8. The standard InChI is InChI=1S/C17H15F3N4O/c1-10(15-23-13-7-2-3-8-14(13)24-15)21-16(25)22-12-6-4-5-11(9-12)17(18,19)20/h2-10H,1H3,(H,23,24)(H2,21,22,25)/t10-/m0/s1. The maximum Gasteiger partial charge on any atom is 0.416 e. The van der Waals surface area contributed by atoms with E-state index in [1.54, 1.807) is 6.92 Å². The first-order chi connectivity index (χ1) is 11.8. The highest BCUT2D eigenvalue weighted by molar-refractivity contribution is 5.89. The molecule has 3 aromatic rings. The molecule has 0 spiro atoms. The van der Waals surface area contributed by atoms with Gasteiger partial charge in [0.1, 0.15) is 5.82 Å². The van der Waals surface area contributed by atoms with Gasteiger partial charge < -0.3 is 15.6 Å². The number of amides is 2. The first-order valence-electron chi connectivity index (χ1n) is 7.52. The molecule has 0 fully saturated rings. The number of fused-ring (bicyclic) bond motifs is 1. The Morgan fingerprint density at radius 2 is 1.92 bits per heavy atom. The third-order valence-electron chi connectivity index (χ3n) is 3.61. The second-order valence-corrected chi connectivity index (χ2v) is 5.54. The molecular formula is C17H15F3N4O. The Bertz CT molecular complexity index is 871. The lowest BCUT2D eigenvalue weighted by Gasteiger charge is -2.13. The highest BCUT2D eigenvalue weighted by Gasteiger charge is 2.30. The van der Waals surface area contributed by atoms with Crippen LogP contribution in [0.5, 0.6) is 0 Å². The third-order valence-corrected chi connectivity index (χ3v) is 3.61. The van der Waals surface area contributed by atoms with Crippen molar-refractivity contribution in [1.82, 2.24) is 15.3 Å². The Morgan fingerprint density at radius 3 is 2.64 bits per heavy atom. The van der Waals surface area contributed by atoms with Gasteiger partial charge in [-0.15, -0.1) is 0 Å². The Morgan fingerprint density at radius 1 is 1.16 bits per heavy atom. The number of alkyl halides is 3. The second-order valence-electron chi connectivity index (χ2n) is 5.54. The fraction of sp³-hybridized carbons (Fsp3) is 0.176. The Hall–Kier alpha value is -3.03. The molecule has 0 bridgehead atoms. The van der Waals surface area contributed by atoms with Crippen LogP contribution < -0.4 is 10.6 Å². The van der Waals surface area contributed by atoms with Crippen molar-refractivity contribution in [2.24, 2.45) is 0 Å².